The van der Waals surface area contributed by atoms with Crippen LogP contribution >= 0.6 is 11.8 Å². The number of thioether (sulfide) groups is 1. The molecule has 0 aromatic heterocycles. The Morgan fingerprint density at radius 2 is 1.32 bits per heavy atom. The second kappa shape index (κ2) is 21.9. The highest BCUT2D eigenvalue weighted by molar-refractivity contribution is 7.98. The summed E-state index contributed by atoms with van der Waals surface area (Å²) in [4.78, 5) is 99.6. The minimum atomic E-state index is -0.831. The van der Waals surface area contributed by atoms with Crippen molar-refractivity contribution >= 4 is 59.0 Å². The van der Waals surface area contributed by atoms with Gasteiger partial charge in [-0.25, -0.2) is 0 Å². The number of likely N-dealkylation sites (tertiary alicyclic amines) is 1. The number of hydrogen-bond acceptors (Lipinski definition) is 9. The molecule has 0 spiro atoms. The van der Waals surface area contributed by atoms with Crippen molar-refractivity contribution in [2.75, 3.05) is 44.7 Å². The van der Waals surface area contributed by atoms with Gasteiger partial charge in [0.2, 0.25) is 35.4 Å². The molecule has 0 aromatic rings. The zero-order valence-corrected chi connectivity index (χ0v) is 28.4. The monoisotopic (exact) mass is 678 g/mol. The first-order chi connectivity index (χ1) is 22.6. The van der Waals surface area contributed by atoms with Crippen LogP contribution in [0.2, 0.25) is 0 Å². The number of unbranched alkanes of at least 4 members (excludes halogenated alkanes) is 4. The molecule has 0 saturated carbocycles. The first-order valence-corrected chi connectivity index (χ1v) is 17.9. The first kappa shape index (κ1) is 39.4. The zero-order valence-electron chi connectivity index (χ0n) is 27.6. The molecule has 1 saturated heterocycles. The fourth-order valence-corrected chi connectivity index (χ4v) is 5.55. The molecule has 1 unspecified atom stereocenters. The van der Waals surface area contributed by atoms with E-state index in [-0.39, 0.29) is 67.8 Å². The van der Waals surface area contributed by atoms with Crippen molar-refractivity contribution < 1.29 is 38.4 Å². The Labute approximate surface area is 280 Å². The molecule has 0 radical (unpaired) electrons. The maximum atomic E-state index is 13.0. The highest BCUT2D eigenvalue weighted by Gasteiger charge is 2.37. The lowest BCUT2D eigenvalue weighted by atomic mass is 10.1. The quantitative estimate of drug-likeness (QED) is 0.0845. The lowest BCUT2D eigenvalue weighted by Gasteiger charge is -2.20. The number of nitrogens with zero attached hydrogens (tertiary/aromatic N) is 2. The number of hydrogen-bond donors (Lipinski definition) is 4. The summed E-state index contributed by atoms with van der Waals surface area (Å²) >= 11 is 1.63. The molecule has 0 bridgehead atoms. The summed E-state index contributed by atoms with van der Waals surface area (Å²) in [7, 11) is 0. The molecule has 2 atom stereocenters. The smallest absolute Gasteiger partial charge is 0.253 e. The lowest BCUT2D eigenvalue weighted by molar-refractivity contribution is -0.141. The number of amides is 8. The van der Waals surface area contributed by atoms with E-state index in [0.29, 0.717) is 51.7 Å². The van der Waals surface area contributed by atoms with Crippen LogP contribution in [0.3, 0.4) is 0 Å². The largest absolute Gasteiger partial charge is 0.356 e. The summed E-state index contributed by atoms with van der Waals surface area (Å²) in [5, 5.41) is 11.3. The van der Waals surface area contributed by atoms with Crippen LogP contribution in [-0.4, -0.2) is 108 Å². The van der Waals surface area contributed by atoms with Crippen LogP contribution in [0.4, 0.5) is 0 Å². The summed E-state index contributed by atoms with van der Waals surface area (Å²) < 4.78 is 0. The van der Waals surface area contributed by atoms with Crippen LogP contribution < -0.4 is 21.3 Å². The van der Waals surface area contributed by atoms with Gasteiger partial charge in [0.15, 0.2) is 0 Å². The van der Waals surface area contributed by atoms with Crippen molar-refractivity contribution in [1.82, 2.24) is 31.1 Å². The van der Waals surface area contributed by atoms with Crippen molar-refractivity contribution in [2.24, 2.45) is 5.92 Å². The average Bonchev–Trinajstić information content (AvgIpc) is 3.52. The molecule has 2 rings (SSSR count). The molecule has 2 heterocycles. The number of imide groups is 2. The van der Waals surface area contributed by atoms with E-state index in [9.17, 15) is 38.4 Å². The van der Waals surface area contributed by atoms with Crippen molar-refractivity contribution in [3.63, 3.8) is 0 Å². The predicted octanol–water partition coefficient (Wildman–Crippen LogP) is 0.794. The average molecular weight is 679 g/mol. The van der Waals surface area contributed by atoms with Gasteiger partial charge in [-0.05, 0) is 44.8 Å². The number of carbonyl (C=O) groups excluding carboxylic acids is 8. The van der Waals surface area contributed by atoms with Gasteiger partial charge in [0.1, 0.15) is 6.04 Å². The minimum Gasteiger partial charge on any atom is -0.356 e. The van der Waals surface area contributed by atoms with Gasteiger partial charge < -0.3 is 21.3 Å². The molecule has 1 fully saturated rings. The van der Waals surface area contributed by atoms with Gasteiger partial charge in [-0.3, -0.25) is 48.2 Å². The normalized spacial score (nSPS) is 16.5. The summed E-state index contributed by atoms with van der Waals surface area (Å²) in [6, 6.07) is -0.831. The maximum Gasteiger partial charge on any atom is 0.253 e. The molecule has 4 N–H and O–H groups in total. The Balaban J connectivity index is 1.75. The van der Waals surface area contributed by atoms with E-state index in [1.54, 1.807) is 11.8 Å². The SMILES string of the molecule is CCC1CC(=O)N(CCC(=O)N[C@@H](CCCCNC(=O)CCN2C(=O)C=CC2=O)C(=O)NCCCCCCNC(=O)CCSC)C1=O. The molecule has 2 aliphatic heterocycles. The molecule has 2 aliphatic rings. The first-order valence-electron chi connectivity index (χ1n) is 16.5. The fourth-order valence-electron chi connectivity index (χ4n) is 5.16. The zero-order chi connectivity index (χ0) is 34.6. The topological polar surface area (TPSA) is 191 Å². The molecule has 15 heteroatoms. The van der Waals surface area contributed by atoms with E-state index in [1.807, 2.05) is 13.2 Å². The highest BCUT2D eigenvalue weighted by atomic mass is 32.2. The number of rotatable bonds is 24. The van der Waals surface area contributed by atoms with Crippen LogP contribution in [0.5, 0.6) is 0 Å². The summed E-state index contributed by atoms with van der Waals surface area (Å²) in [5.74, 6) is -2.04. The van der Waals surface area contributed by atoms with Crippen molar-refractivity contribution in [3.05, 3.63) is 12.2 Å². The Hall–Kier alpha value is -3.75. The van der Waals surface area contributed by atoms with Crippen molar-refractivity contribution in [3.8, 4) is 0 Å². The summed E-state index contributed by atoms with van der Waals surface area (Å²) in [6.07, 6.45) is 10.1. The van der Waals surface area contributed by atoms with E-state index in [2.05, 4.69) is 21.3 Å². The molecular formula is C32H50N6O8S. The molecule has 14 nitrogen and oxygen atoms in total. The Morgan fingerprint density at radius 3 is 1.91 bits per heavy atom. The lowest BCUT2D eigenvalue weighted by Crippen LogP contribution is -2.47. The number of nitrogens with one attached hydrogen (secondary N) is 4. The molecule has 47 heavy (non-hydrogen) atoms. The van der Waals surface area contributed by atoms with E-state index in [4.69, 9.17) is 0 Å². The van der Waals surface area contributed by atoms with Crippen LogP contribution in [0, 0.1) is 5.92 Å². The van der Waals surface area contributed by atoms with Crippen LogP contribution in [-0.2, 0) is 38.4 Å². The predicted molar refractivity (Wildman–Crippen MR) is 176 cm³/mol. The van der Waals surface area contributed by atoms with Gasteiger partial charge in [0, 0.05) is 82.2 Å². The Morgan fingerprint density at radius 1 is 0.766 bits per heavy atom. The number of carbonyl (C=O) groups is 8. The van der Waals surface area contributed by atoms with E-state index >= 15 is 0 Å². The third kappa shape index (κ3) is 14.7. The second-order valence-electron chi connectivity index (χ2n) is 11.6. The van der Waals surface area contributed by atoms with Crippen LogP contribution in [0.25, 0.3) is 0 Å². The van der Waals surface area contributed by atoms with Gasteiger partial charge in [-0.1, -0.05) is 19.8 Å². The molecule has 8 amide bonds. The van der Waals surface area contributed by atoms with Gasteiger partial charge in [-0.2, -0.15) is 11.8 Å². The Bertz CT molecular complexity index is 1140. The van der Waals surface area contributed by atoms with E-state index in [0.717, 1.165) is 53.4 Å². The molecule has 0 aliphatic carbocycles. The summed E-state index contributed by atoms with van der Waals surface area (Å²) in [6.45, 7) is 3.16. The molecular weight excluding hydrogens is 628 g/mol. The standard InChI is InChI=1S/C32H50N6O8S/c1-3-23-22-30(44)38(32(23)46)20-14-27(41)36-24(31(45)35-18-8-5-4-7-16-34-26(40)15-21-47-2)10-6-9-17-33-25(39)13-19-37-28(42)11-12-29(37)43/h11-12,23-24H,3-10,13-22H2,1-2H3,(H,33,39)(H,34,40)(H,35,45)(H,36,41)/t23?,24-/m0/s1. The summed E-state index contributed by atoms with van der Waals surface area (Å²) in [5.41, 5.74) is 0. The Kier molecular flexibility index (Phi) is 18.4. The van der Waals surface area contributed by atoms with Crippen molar-refractivity contribution in [2.45, 2.75) is 90.0 Å². The third-order valence-electron chi connectivity index (χ3n) is 8.01. The molecule has 262 valence electrons. The van der Waals surface area contributed by atoms with Gasteiger partial charge in [-0.15, -0.1) is 0 Å². The van der Waals surface area contributed by atoms with Gasteiger partial charge >= 0.3 is 0 Å². The van der Waals surface area contributed by atoms with Crippen LogP contribution in [0.15, 0.2) is 12.2 Å². The van der Waals surface area contributed by atoms with Crippen molar-refractivity contribution in [1.29, 1.82) is 0 Å². The van der Waals surface area contributed by atoms with Gasteiger partial charge in [0.25, 0.3) is 11.8 Å². The molecule has 0 aromatic carbocycles. The third-order valence-corrected chi connectivity index (χ3v) is 8.62. The highest BCUT2D eigenvalue weighted by Crippen LogP contribution is 2.22. The van der Waals surface area contributed by atoms with E-state index in [1.165, 1.54) is 0 Å². The van der Waals surface area contributed by atoms with Gasteiger partial charge in [0.05, 0.1) is 0 Å². The van der Waals surface area contributed by atoms with E-state index < -0.39 is 23.8 Å². The van der Waals surface area contributed by atoms with Crippen LogP contribution in [0.1, 0.15) is 84.0 Å². The second-order valence-corrected chi connectivity index (χ2v) is 12.6. The maximum absolute atomic E-state index is 13.0. The minimum absolute atomic E-state index is 0.00653. The fraction of sp³-hybridized carbons (Fsp3) is 0.688.